The number of nitrogens with zero attached hydrogens (tertiary/aromatic N) is 1. The highest BCUT2D eigenvalue weighted by molar-refractivity contribution is 7.51. The van der Waals surface area contributed by atoms with E-state index in [0.29, 0.717) is 11.5 Å². The molecule has 0 aliphatic rings. The summed E-state index contributed by atoms with van der Waals surface area (Å²) < 4.78 is 10.6. The van der Waals surface area contributed by atoms with E-state index in [1.165, 1.54) is 12.1 Å². The number of hydroxylamine groups is 2. The van der Waals surface area contributed by atoms with Crippen LogP contribution in [0, 0.1) is 0 Å². The molecular formula is C11H14NO6P. The summed E-state index contributed by atoms with van der Waals surface area (Å²) in [7, 11) is -4.11. The first-order valence-corrected chi connectivity index (χ1v) is 7.26. The summed E-state index contributed by atoms with van der Waals surface area (Å²) in [6.07, 6.45) is -0.0498. The number of carbonyl (C=O) groups is 2. The predicted octanol–water partition coefficient (Wildman–Crippen LogP) is 0.785. The van der Waals surface area contributed by atoms with Crippen LogP contribution in [0.3, 0.4) is 0 Å². The Kier molecular flexibility index (Phi) is 5.69. The molecule has 8 heteroatoms. The van der Waals surface area contributed by atoms with Gasteiger partial charge >= 0.3 is 13.6 Å². The molecule has 0 fully saturated rings. The Labute approximate surface area is 109 Å². The molecule has 0 aliphatic carbocycles. The topological polar surface area (TPSA) is 104 Å². The lowest BCUT2D eigenvalue weighted by atomic mass is 10.2. The summed E-state index contributed by atoms with van der Waals surface area (Å²) in [5, 5.41) is 0.713. The van der Waals surface area contributed by atoms with Crippen molar-refractivity contribution in [3.05, 3.63) is 35.9 Å². The van der Waals surface area contributed by atoms with Crippen molar-refractivity contribution in [2.24, 2.45) is 0 Å². The van der Waals surface area contributed by atoms with Crippen molar-refractivity contribution in [2.75, 3.05) is 12.7 Å². The molecule has 1 amide bonds. The second kappa shape index (κ2) is 7.04. The van der Waals surface area contributed by atoms with Gasteiger partial charge in [-0.05, 0) is 18.6 Å². The number of hydrogen-bond acceptors (Lipinski definition) is 4. The van der Waals surface area contributed by atoms with Crippen LogP contribution in [0.15, 0.2) is 30.3 Å². The van der Waals surface area contributed by atoms with Gasteiger partial charge in [0.15, 0.2) is 0 Å². The van der Waals surface area contributed by atoms with Crippen LogP contribution in [0.5, 0.6) is 0 Å². The van der Waals surface area contributed by atoms with E-state index in [2.05, 4.69) is 0 Å². The van der Waals surface area contributed by atoms with Gasteiger partial charge in [-0.3, -0.25) is 9.36 Å². The molecule has 104 valence electrons. The summed E-state index contributed by atoms with van der Waals surface area (Å²) in [4.78, 5) is 44.4. The number of rotatable bonds is 7. The first-order chi connectivity index (χ1) is 8.92. The zero-order chi connectivity index (χ0) is 14.3. The van der Waals surface area contributed by atoms with Crippen LogP contribution in [0.4, 0.5) is 0 Å². The van der Waals surface area contributed by atoms with Crippen molar-refractivity contribution in [3.63, 3.8) is 0 Å². The Hall–Kier alpha value is -1.69. The molecule has 0 aliphatic heterocycles. The van der Waals surface area contributed by atoms with Gasteiger partial charge in [-0.15, -0.1) is 0 Å². The van der Waals surface area contributed by atoms with Gasteiger partial charge in [0, 0.05) is 0 Å². The highest BCUT2D eigenvalue weighted by Gasteiger charge is 2.16. The van der Waals surface area contributed by atoms with Crippen LogP contribution in [0.1, 0.15) is 16.8 Å². The van der Waals surface area contributed by atoms with Crippen molar-refractivity contribution in [1.29, 1.82) is 0 Å². The molecule has 7 nitrogen and oxygen atoms in total. The van der Waals surface area contributed by atoms with Crippen molar-refractivity contribution < 1.29 is 28.8 Å². The Morgan fingerprint density at radius 1 is 1.32 bits per heavy atom. The van der Waals surface area contributed by atoms with E-state index >= 15 is 0 Å². The number of carbonyl (C=O) groups excluding carboxylic acids is 2. The van der Waals surface area contributed by atoms with Gasteiger partial charge in [-0.2, -0.15) is 5.06 Å². The minimum Gasteiger partial charge on any atom is -0.333 e. The zero-order valence-electron chi connectivity index (χ0n) is 10.0. The second-order valence-corrected chi connectivity index (χ2v) is 5.51. The van der Waals surface area contributed by atoms with Gasteiger partial charge in [0.2, 0.25) is 6.41 Å². The largest absolute Gasteiger partial charge is 0.363 e. The highest BCUT2D eigenvalue weighted by Crippen LogP contribution is 2.34. The van der Waals surface area contributed by atoms with Gasteiger partial charge < -0.3 is 14.6 Å². The van der Waals surface area contributed by atoms with E-state index in [1.54, 1.807) is 18.2 Å². The molecule has 0 radical (unpaired) electrons. The lowest BCUT2D eigenvalue weighted by Crippen LogP contribution is -2.27. The van der Waals surface area contributed by atoms with Gasteiger partial charge in [0.1, 0.15) is 0 Å². The van der Waals surface area contributed by atoms with E-state index < -0.39 is 13.6 Å². The van der Waals surface area contributed by atoms with Crippen LogP contribution < -0.4 is 0 Å². The van der Waals surface area contributed by atoms with Crippen molar-refractivity contribution in [1.82, 2.24) is 5.06 Å². The smallest absolute Gasteiger partial charge is 0.333 e. The second-order valence-electron chi connectivity index (χ2n) is 3.73. The SMILES string of the molecule is O=CN(CCCP(=O)(O)O)OC(=O)c1ccccc1. The van der Waals surface area contributed by atoms with Crippen molar-refractivity contribution in [2.45, 2.75) is 6.42 Å². The maximum atomic E-state index is 11.6. The molecule has 1 rings (SSSR count). The summed E-state index contributed by atoms with van der Waals surface area (Å²) in [6, 6.07) is 8.08. The first-order valence-electron chi connectivity index (χ1n) is 5.46. The fraction of sp³-hybridized carbons (Fsp3) is 0.273. The van der Waals surface area contributed by atoms with E-state index in [-0.39, 0.29) is 24.7 Å². The monoisotopic (exact) mass is 287 g/mol. The standard InChI is InChI=1S/C11H14NO6P/c13-9-12(7-4-8-19(15,16)17)18-11(14)10-5-2-1-3-6-10/h1-3,5-6,9H,4,7-8H2,(H2,15,16,17). The molecule has 0 bridgehead atoms. The zero-order valence-corrected chi connectivity index (χ0v) is 10.9. The van der Waals surface area contributed by atoms with Gasteiger partial charge in [-0.1, -0.05) is 18.2 Å². The van der Waals surface area contributed by atoms with Gasteiger partial charge in [0.25, 0.3) is 0 Å². The van der Waals surface area contributed by atoms with E-state index in [1.807, 2.05) is 0 Å². The van der Waals surface area contributed by atoms with Crippen LogP contribution in [0.2, 0.25) is 0 Å². The summed E-state index contributed by atoms with van der Waals surface area (Å²) >= 11 is 0. The maximum absolute atomic E-state index is 11.6. The fourth-order valence-corrected chi connectivity index (χ4v) is 1.84. The van der Waals surface area contributed by atoms with Crippen molar-refractivity contribution >= 4 is 20.0 Å². The van der Waals surface area contributed by atoms with E-state index in [0.717, 1.165) is 0 Å². The van der Waals surface area contributed by atoms with E-state index in [9.17, 15) is 14.2 Å². The first kappa shape index (κ1) is 15.4. The third kappa shape index (κ3) is 6.15. The average molecular weight is 287 g/mol. The molecule has 0 spiro atoms. The number of benzene rings is 1. The van der Waals surface area contributed by atoms with Gasteiger partial charge in [0.05, 0.1) is 18.3 Å². The Bertz CT molecular complexity index is 471. The van der Waals surface area contributed by atoms with Crippen LogP contribution >= 0.6 is 7.60 Å². The summed E-state index contributed by atoms with van der Waals surface area (Å²) in [5.41, 5.74) is 0.282. The molecule has 19 heavy (non-hydrogen) atoms. The summed E-state index contributed by atoms with van der Waals surface area (Å²) in [5.74, 6) is -0.705. The molecule has 0 unspecified atom stereocenters. The minimum absolute atomic E-state index is 0.0328. The van der Waals surface area contributed by atoms with Crippen LogP contribution in [-0.4, -0.2) is 39.9 Å². The maximum Gasteiger partial charge on any atom is 0.363 e. The molecule has 2 N–H and O–H groups in total. The lowest BCUT2D eigenvalue weighted by molar-refractivity contribution is -0.152. The number of amides is 1. The summed E-state index contributed by atoms with van der Waals surface area (Å²) in [6.45, 7) is -0.0762. The van der Waals surface area contributed by atoms with Gasteiger partial charge in [-0.25, -0.2) is 4.79 Å². The lowest BCUT2D eigenvalue weighted by Gasteiger charge is -2.16. The number of hydrogen-bond donors (Lipinski definition) is 2. The molecule has 0 saturated heterocycles. The quantitative estimate of drug-likeness (QED) is 0.436. The Morgan fingerprint density at radius 3 is 2.47 bits per heavy atom. The molecule has 0 atom stereocenters. The normalized spacial score (nSPS) is 10.8. The molecular weight excluding hydrogens is 273 g/mol. The average Bonchev–Trinajstić information content (AvgIpc) is 2.37. The molecule has 0 saturated carbocycles. The molecule has 1 aromatic rings. The van der Waals surface area contributed by atoms with Crippen molar-refractivity contribution in [3.8, 4) is 0 Å². The predicted molar refractivity (Wildman–Crippen MR) is 66.2 cm³/mol. The Morgan fingerprint density at radius 2 is 1.95 bits per heavy atom. The molecule has 0 aromatic heterocycles. The fourth-order valence-electron chi connectivity index (χ4n) is 1.29. The Balaban J connectivity index is 2.46. The van der Waals surface area contributed by atoms with E-state index in [4.69, 9.17) is 14.6 Å². The highest BCUT2D eigenvalue weighted by atomic mass is 31.2. The third-order valence-electron chi connectivity index (χ3n) is 2.16. The van der Waals surface area contributed by atoms with Crippen LogP contribution in [-0.2, 0) is 14.2 Å². The minimum atomic E-state index is -4.11. The molecule has 1 aromatic carbocycles. The molecule has 0 heterocycles. The van der Waals surface area contributed by atoms with Crippen LogP contribution in [0.25, 0.3) is 0 Å². The third-order valence-corrected chi connectivity index (χ3v) is 3.05.